The number of piperidine rings is 1. The van der Waals surface area contributed by atoms with Crippen molar-refractivity contribution in [2.45, 2.75) is 18.8 Å². The Balaban J connectivity index is 1.41. The van der Waals surface area contributed by atoms with Gasteiger partial charge in [-0.2, -0.15) is 0 Å². The second kappa shape index (κ2) is 8.52. The summed E-state index contributed by atoms with van der Waals surface area (Å²) in [6, 6.07) is 11.3. The van der Waals surface area contributed by atoms with Crippen molar-refractivity contribution < 1.29 is 19.0 Å². The number of nitrogens with zero attached hydrogens (tertiary/aromatic N) is 2. The number of benzene rings is 2. The van der Waals surface area contributed by atoms with E-state index in [2.05, 4.69) is 10.3 Å². The minimum atomic E-state index is -0.146. The number of H-pyrrole nitrogens is 1. The molecule has 2 N–H and O–H groups in total. The van der Waals surface area contributed by atoms with Crippen molar-refractivity contribution in [2.24, 2.45) is 0 Å². The summed E-state index contributed by atoms with van der Waals surface area (Å²) in [7, 11) is 4.64. The molecule has 8 heteroatoms. The summed E-state index contributed by atoms with van der Waals surface area (Å²) in [5.41, 5.74) is 2.62. The van der Waals surface area contributed by atoms with Gasteiger partial charge in [-0.3, -0.25) is 0 Å². The first-order valence-corrected chi connectivity index (χ1v) is 9.93. The van der Waals surface area contributed by atoms with Crippen LogP contribution in [0.4, 0.5) is 10.5 Å². The Morgan fingerprint density at radius 2 is 1.73 bits per heavy atom. The highest BCUT2D eigenvalue weighted by molar-refractivity contribution is 5.90. The molecule has 0 radical (unpaired) electrons. The maximum atomic E-state index is 12.8. The molecule has 1 aliphatic rings. The molecule has 0 saturated carbocycles. The molecule has 1 fully saturated rings. The molecule has 1 aromatic heterocycles. The summed E-state index contributed by atoms with van der Waals surface area (Å²) in [5, 5.41) is 2.94. The first-order valence-electron chi connectivity index (χ1n) is 9.93. The van der Waals surface area contributed by atoms with Crippen LogP contribution in [0.2, 0.25) is 0 Å². The highest BCUT2D eigenvalue weighted by atomic mass is 16.5. The molecule has 30 heavy (non-hydrogen) atoms. The quantitative estimate of drug-likeness (QED) is 0.664. The van der Waals surface area contributed by atoms with Crippen LogP contribution in [0.3, 0.4) is 0 Å². The number of likely N-dealkylation sites (tertiary alicyclic amines) is 1. The number of hydrogen-bond acceptors (Lipinski definition) is 5. The number of aromatic amines is 1. The van der Waals surface area contributed by atoms with Crippen LogP contribution in [0.5, 0.6) is 17.2 Å². The van der Waals surface area contributed by atoms with Crippen LogP contribution in [0.15, 0.2) is 36.4 Å². The van der Waals surface area contributed by atoms with Gasteiger partial charge in [-0.05, 0) is 25.0 Å². The average molecular weight is 410 g/mol. The van der Waals surface area contributed by atoms with E-state index >= 15 is 0 Å². The van der Waals surface area contributed by atoms with Gasteiger partial charge in [0.25, 0.3) is 0 Å². The lowest BCUT2D eigenvalue weighted by Gasteiger charge is -2.31. The zero-order valence-electron chi connectivity index (χ0n) is 17.4. The number of anilines is 1. The Hall–Kier alpha value is -3.42. The molecular weight excluding hydrogens is 384 g/mol. The van der Waals surface area contributed by atoms with Gasteiger partial charge in [-0.15, -0.1) is 0 Å². The molecule has 0 bridgehead atoms. The van der Waals surface area contributed by atoms with Gasteiger partial charge < -0.3 is 29.4 Å². The second-order valence-corrected chi connectivity index (χ2v) is 7.24. The summed E-state index contributed by atoms with van der Waals surface area (Å²) in [5.74, 6) is 2.81. The van der Waals surface area contributed by atoms with E-state index in [-0.39, 0.29) is 6.03 Å². The number of carbonyl (C=O) groups excluding carboxylic acids is 1. The van der Waals surface area contributed by atoms with Crippen LogP contribution >= 0.6 is 0 Å². The zero-order chi connectivity index (χ0) is 21.1. The molecule has 1 saturated heterocycles. The number of hydrogen-bond donors (Lipinski definition) is 2. The van der Waals surface area contributed by atoms with E-state index in [0.29, 0.717) is 41.9 Å². The lowest BCUT2D eigenvalue weighted by atomic mass is 9.96. The Labute approximate surface area is 175 Å². The van der Waals surface area contributed by atoms with Gasteiger partial charge in [0.1, 0.15) is 5.82 Å². The maximum absolute atomic E-state index is 12.8. The molecule has 3 aromatic rings. The van der Waals surface area contributed by atoms with E-state index in [4.69, 9.17) is 19.2 Å². The van der Waals surface area contributed by atoms with E-state index < -0.39 is 0 Å². The van der Waals surface area contributed by atoms with Crippen molar-refractivity contribution >= 4 is 22.8 Å². The van der Waals surface area contributed by atoms with Gasteiger partial charge in [-0.1, -0.05) is 12.1 Å². The third-order valence-corrected chi connectivity index (χ3v) is 5.49. The van der Waals surface area contributed by atoms with Gasteiger partial charge in [-0.25, -0.2) is 9.78 Å². The Bertz CT molecular complexity index is 983. The standard InChI is InChI=1S/C22H26N4O4/c1-28-18-12-15(13-19(29-2)20(18)30-3)23-22(27)26-10-8-14(9-11-26)21-24-16-6-4-5-7-17(16)25-21/h4-7,12-14H,8-11H2,1-3H3,(H,23,27)(H,24,25). The van der Waals surface area contributed by atoms with Gasteiger partial charge >= 0.3 is 6.03 Å². The summed E-state index contributed by atoms with van der Waals surface area (Å²) < 4.78 is 16.0. The van der Waals surface area contributed by atoms with Crippen LogP contribution in [0.1, 0.15) is 24.6 Å². The van der Waals surface area contributed by atoms with Crippen molar-refractivity contribution in [2.75, 3.05) is 39.7 Å². The smallest absolute Gasteiger partial charge is 0.321 e. The number of urea groups is 1. The number of para-hydroxylation sites is 2. The van der Waals surface area contributed by atoms with Crippen LogP contribution in [-0.4, -0.2) is 55.3 Å². The Morgan fingerprint density at radius 1 is 1.07 bits per heavy atom. The lowest BCUT2D eigenvalue weighted by molar-refractivity contribution is 0.193. The van der Waals surface area contributed by atoms with E-state index in [1.165, 1.54) is 0 Å². The minimum Gasteiger partial charge on any atom is -0.493 e. The zero-order valence-corrected chi connectivity index (χ0v) is 17.4. The lowest BCUT2D eigenvalue weighted by Crippen LogP contribution is -2.40. The summed E-state index contributed by atoms with van der Waals surface area (Å²) in [4.78, 5) is 22.7. The SMILES string of the molecule is COc1cc(NC(=O)N2CCC(c3nc4ccccc4[nH]3)CC2)cc(OC)c1OC. The van der Waals surface area contributed by atoms with Crippen molar-refractivity contribution in [1.29, 1.82) is 0 Å². The number of methoxy groups -OCH3 is 3. The molecule has 8 nitrogen and oxygen atoms in total. The van der Waals surface area contributed by atoms with Crippen molar-refractivity contribution in [3.63, 3.8) is 0 Å². The summed E-state index contributed by atoms with van der Waals surface area (Å²) in [6.07, 6.45) is 1.73. The fraction of sp³-hybridized carbons (Fsp3) is 0.364. The molecule has 1 aliphatic heterocycles. The number of amides is 2. The van der Waals surface area contributed by atoms with Gasteiger partial charge in [0.15, 0.2) is 11.5 Å². The molecule has 2 aromatic carbocycles. The van der Waals surface area contributed by atoms with E-state index in [9.17, 15) is 4.79 Å². The van der Waals surface area contributed by atoms with Crippen molar-refractivity contribution in [3.05, 3.63) is 42.2 Å². The average Bonchev–Trinajstić information content (AvgIpc) is 3.22. The van der Waals surface area contributed by atoms with E-state index in [1.807, 2.05) is 29.2 Å². The van der Waals surface area contributed by atoms with E-state index in [0.717, 1.165) is 29.7 Å². The number of nitrogens with one attached hydrogen (secondary N) is 2. The highest BCUT2D eigenvalue weighted by Crippen LogP contribution is 2.40. The predicted octanol–water partition coefficient (Wildman–Crippen LogP) is 4.00. The fourth-order valence-corrected chi connectivity index (χ4v) is 3.88. The number of carbonyl (C=O) groups is 1. The van der Waals surface area contributed by atoms with Crippen LogP contribution in [0, 0.1) is 0 Å². The maximum Gasteiger partial charge on any atom is 0.321 e. The van der Waals surface area contributed by atoms with Gasteiger partial charge in [0, 0.05) is 31.1 Å². The van der Waals surface area contributed by atoms with Crippen molar-refractivity contribution in [1.82, 2.24) is 14.9 Å². The molecule has 4 rings (SSSR count). The van der Waals surface area contributed by atoms with E-state index in [1.54, 1.807) is 33.5 Å². The molecule has 158 valence electrons. The number of aromatic nitrogens is 2. The Morgan fingerprint density at radius 3 is 2.33 bits per heavy atom. The first kappa shape index (κ1) is 19.9. The molecule has 0 spiro atoms. The first-order chi connectivity index (χ1) is 14.6. The third kappa shape index (κ3) is 3.85. The molecule has 0 atom stereocenters. The third-order valence-electron chi connectivity index (χ3n) is 5.49. The largest absolute Gasteiger partial charge is 0.493 e. The monoisotopic (exact) mass is 410 g/mol. The fourth-order valence-electron chi connectivity index (χ4n) is 3.88. The van der Waals surface area contributed by atoms with Gasteiger partial charge in [0.2, 0.25) is 5.75 Å². The number of ether oxygens (including phenoxy) is 3. The van der Waals surface area contributed by atoms with Gasteiger partial charge in [0.05, 0.1) is 38.1 Å². The number of imidazole rings is 1. The Kier molecular flexibility index (Phi) is 5.65. The molecule has 0 aliphatic carbocycles. The highest BCUT2D eigenvalue weighted by Gasteiger charge is 2.26. The van der Waals surface area contributed by atoms with Crippen LogP contribution in [0.25, 0.3) is 11.0 Å². The predicted molar refractivity (Wildman–Crippen MR) is 115 cm³/mol. The second-order valence-electron chi connectivity index (χ2n) is 7.24. The molecule has 2 amide bonds. The number of fused-ring (bicyclic) bond motifs is 1. The normalized spacial score (nSPS) is 14.6. The van der Waals surface area contributed by atoms with Crippen molar-refractivity contribution in [3.8, 4) is 17.2 Å². The summed E-state index contributed by atoms with van der Waals surface area (Å²) in [6.45, 7) is 1.33. The minimum absolute atomic E-state index is 0.146. The number of rotatable bonds is 5. The summed E-state index contributed by atoms with van der Waals surface area (Å²) >= 11 is 0. The molecule has 2 heterocycles. The molecular formula is C22H26N4O4. The molecule has 0 unspecified atom stereocenters. The van der Waals surface area contributed by atoms with Crippen LogP contribution < -0.4 is 19.5 Å². The topological polar surface area (TPSA) is 88.7 Å². The van der Waals surface area contributed by atoms with Crippen LogP contribution in [-0.2, 0) is 0 Å².